The molecule has 0 aromatic rings. The maximum Gasteiger partial charge on any atom is 0.00681 e. The van der Waals surface area contributed by atoms with Crippen LogP contribution in [0, 0.1) is 5.41 Å². The number of hydrogen-bond donors (Lipinski definition) is 0. The Labute approximate surface area is 68.6 Å². The summed E-state index contributed by atoms with van der Waals surface area (Å²) >= 11 is 0. The molecule has 58 valence electrons. The normalized spacial score (nSPS) is 29.4. The molecule has 1 aliphatic carbocycles. The van der Waals surface area contributed by atoms with Gasteiger partial charge in [-0.25, -0.2) is 0 Å². The molecular weight excluding hydrogens is 132 g/mol. The Morgan fingerprint density at radius 3 is 2.64 bits per heavy atom. The van der Waals surface area contributed by atoms with E-state index in [-0.39, 0.29) is 5.41 Å². The van der Waals surface area contributed by atoms with Gasteiger partial charge in [-0.1, -0.05) is 43.9 Å². The van der Waals surface area contributed by atoms with Crippen molar-refractivity contribution >= 4 is 0 Å². The zero-order valence-corrected chi connectivity index (χ0v) is 7.01. The van der Waals surface area contributed by atoms with Gasteiger partial charge >= 0.3 is 0 Å². The van der Waals surface area contributed by atoms with Crippen molar-refractivity contribution in [1.29, 1.82) is 0 Å². The highest BCUT2D eigenvalue weighted by Gasteiger charge is 2.16. The van der Waals surface area contributed by atoms with Crippen molar-refractivity contribution in [2.24, 2.45) is 5.41 Å². The summed E-state index contributed by atoms with van der Waals surface area (Å²) in [4.78, 5) is 0. The third-order valence-corrected chi connectivity index (χ3v) is 2.14. The van der Waals surface area contributed by atoms with E-state index in [0.717, 1.165) is 6.42 Å². The highest BCUT2D eigenvalue weighted by Crippen LogP contribution is 2.30. The van der Waals surface area contributed by atoms with E-state index in [2.05, 4.69) is 38.3 Å². The van der Waals surface area contributed by atoms with E-state index in [0.29, 0.717) is 0 Å². The fraction of sp³-hybridized carbons (Fsp3) is 0.273. The van der Waals surface area contributed by atoms with Crippen molar-refractivity contribution in [3.63, 3.8) is 0 Å². The Morgan fingerprint density at radius 2 is 2.27 bits per heavy atom. The molecule has 0 spiro atoms. The second kappa shape index (κ2) is 2.91. The molecule has 1 unspecified atom stereocenters. The fourth-order valence-corrected chi connectivity index (χ4v) is 1.06. The molecule has 0 aromatic heterocycles. The lowest BCUT2D eigenvalue weighted by atomic mass is 9.82. The zero-order valence-electron chi connectivity index (χ0n) is 7.01. The molecule has 0 heterocycles. The van der Waals surface area contributed by atoms with Crippen LogP contribution in [0.2, 0.25) is 0 Å². The maximum absolute atomic E-state index is 3.80. The van der Waals surface area contributed by atoms with Crippen LogP contribution in [-0.4, -0.2) is 0 Å². The first-order valence-electron chi connectivity index (χ1n) is 3.86. The third kappa shape index (κ3) is 1.70. The summed E-state index contributed by atoms with van der Waals surface area (Å²) in [7, 11) is 0. The van der Waals surface area contributed by atoms with Gasteiger partial charge in [-0.05, 0) is 12.0 Å². The third-order valence-electron chi connectivity index (χ3n) is 2.14. The molecule has 0 saturated heterocycles. The molecular formula is C11H14. The Hall–Kier alpha value is -1.04. The minimum Gasteiger partial charge on any atom is -0.102 e. The quantitative estimate of drug-likeness (QED) is 0.524. The second-order valence-corrected chi connectivity index (χ2v) is 3.16. The lowest BCUT2D eigenvalue weighted by Crippen LogP contribution is -2.10. The van der Waals surface area contributed by atoms with Crippen LogP contribution >= 0.6 is 0 Å². The van der Waals surface area contributed by atoms with E-state index < -0.39 is 0 Å². The van der Waals surface area contributed by atoms with Gasteiger partial charge in [0.15, 0.2) is 0 Å². The van der Waals surface area contributed by atoms with E-state index in [9.17, 15) is 0 Å². The van der Waals surface area contributed by atoms with Crippen molar-refractivity contribution in [1.82, 2.24) is 0 Å². The predicted molar refractivity (Wildman–Crippen MR) is 50.3 cm³/mol. The zero-order chi connectivity index (χ0) is 8.32. The van der Waals surface area contributed by atoms with Crippen LogP contribution in [0.5, 0.6) is 0 Å². The Kier molecular flexibility index (Phi) is 2.13. The lowest BCUT2D eigenvalue weighted by molar-refractivity contribution is 0.556. The van der Waals surface area contributed by atoms with E-state index in [1.165, 1.54) is 5.57 Å². The lowest BCUT2D eigenvalue weighted by Gasteiger charge is -2.22. The molecule has 1 aliphatic rings. The summed E-state index contributed by atoms with van der Waals surface area (Å²) in [6.45, 7) is 9.69. The predicted octanol–water partition coefficient (Wildman–Crippen LogP) is 3.25. The van der Waals surface area contributed by atoms with Crippen molar-refractivity contribution < 1.29 is 0 Å². The van der Waals surface area contributed by atoms with Gasteiger partial charge in [-0.2, -0.15) is 0 Å². The van der Waals surface area contributed by atoms with Gasteiger partial charge in [0, 0.05) is 5.41 Å². The topological polar surface area (TPSA) is 0 Å². The maximum atomic E-state index is 3.80. The van der Waals surface area contributed by atoms with Crippen molar-refractivity contribution in [3.05, 3.63) is 49.1 Å². The first kappa shape index (κ1) is 8.06. The van der Waals surface area contributed by atoms with Crippen LogP contribution < -0.4 is 0 Å². The molecule has 0 fully saturated rings. The molecule has 0 N–H and O–H groups in total. The van der Waals surface area contributed by atoms with Gasteiger partial charge in [0.1, 0.15) is 0 Å². The molecule has 0 aromatic carbocycles. The van der Waals surface area contributed by atoms with Crippen molar-refractivity contribution in [2.45, 2.75) is 13.3 Å². The van der Waals surface area contributed by atoms with Gasteiger partial charge in [-0.3, -0.25) is 0 Å². The number of allylic oxidation sites excluding steroid dienone is 6. The first-order chi connectivity index (χ1) is 5.20. The molecule has 0 bridgehead atoms. The molecule has 0 saturated carbocycles. The summed E-state index contributed by atoms with van der Waals surface area (Å²) in [5.74, 6) is 0. The van der Waals surface area contributed by atoms with Crippen LogP contribution in [0.1, 0.15) is 13.3 Å². The van der Waals surface area contributed by atoms with Crippen LogP contribution in [0.25, 0.3) is 0 Å². The highest BCUT2D eigenvalue weighted by atomic mass is 14.2. The largest absolute Gasteiger partial charge is 0.102 e. The van der Waals surface area contributed by atoms with Gasteiger partial charge in [-0.15, -0.1) is 6.58 Å². The van der Waals surface area contributed by atoms with E-state index in [1.54, 1.807) is 0 Å². The molecule has 11 heavy (non-hydrogen) atoms. The van der Waals surface area contributed by atoms with Crippen molar-refractivity contribution in [2.75, 3.05) is 0 Å². The molecule has 0 amide bonds. The van der Waals surface area contributed by atoms with Crippen LogP contribution in [-0.2, 0) is 0 Å². The van der Waals surface area contributed by atoms with Crippen molar-refractivity contribution in [3.8, 4) is 0 Å². The Balaban J connectivity index is 2.78. The number of rotatable bonds is 2. The van der Waals surface area contributed by atoms with Crippen LogP contribution in [0.15, 0.2) is 49.1 Å². The van der Waals surface area contributed by atoms with Gasteiger partial charge in [0.25, 0.3) is 0 Å². The average Bonchev–Trinajstić information content (AvgIpc) is 2.06. The van der Waals surface area contributed by atoms with Crippen LogP contribution in [0.3, 0.4) is 0 Å². The van der Waals surface area contributed by atoms with E-state index in [1.807, 2.05) is 12.2 Å². The summed E-state index contributed by atoms with van der Waals surface area (Å²) in [5, 5.41) is 0. The van der Waals surface area contributed by atoms with Gasteiger partial charge < -0.3 is 0 Å². The highest BCUT2D eigenvalue weighted by molar-refractivity contribution is 5.35. The summed E-state index contributed by atoms with van der Waals surface area (Å²) in [6.07, 6.45) is 11.4. The molecule has 0 heteroatoms. The molecule has 0 radical (unpaired) electrons. The average molecular weight is 146 g/mol. The monoisotopic (exact) mass is 146 g/mol. The fourth-order valence-electron chi connectivity index (χ4n) is 1.06. The van der Waals surface area contributed by atoms with E-state index >= 15 is 0 Å². The van der Waals surface area contributed by atoms with Crippen LogP contribution in [0.4, 0.5) is 0 Å². The molecule has 0 nitrogen and oxygen atoms in total. The molecule has 1 rings (SSSR count). The first-order valence-corrected chi connectivity index (χ1v) is 3.86. The Morgan fingerprint density at radius 1 is 1.55 bits per heavy atom. The van der Waals surface area contributed by atoms with Gasteiger partial charge in [0.2, 0.25) is 0 Å². The second-order valence-electron chi connectivity index (χ2n) is 3.16. The standard InChI is InChI=1S/C11H14/c1-4-10-6-8-11(3,5-2)9-7-10/h4-8H,1-2,9H2,3H3. The minimum atomic E-state index is 0.159. The van der Waals surface area contributed by atoms with Gasteiger partial charge in [0.05, 0.1) is 0 Å². The summed E-state index contributed by atoms with van der Waals surface area (Å²) < 4.78 is 0. The van der Waals surface area contributed by atoms with E-state index in [4.69, 9.17) is 0 Å². The Bertz CT molecular complexity index is 230. The number of hydrogen-bond acceptors (Lipinski definition) is 0. The summed E-state index contributed by atoms with van der Waals surface area (Å²) in [6, 6.07) is 0. The molecule has 0 aliphatic heterocycles. The summed E-state index contributed by atoms with van der Waals surface area (Å²) in [5.41, 5.74) is 1.37. The minimum absolute atomic E-state index is 0.159. The molecule has 1 atom stereocenters. The SMILES string of the molecule is C=CC1=CCC(C)(C=C)C=C1. The smallest absolute Gasteiger partial charge is 0.00681 e.